The Hall–Kier alpha value is -1.89. The molecule has 7 heteroatoms. The number of anilines is 2. The van der Waals surface area contributed by atoms with Crippen molar-refractivity contribution in [2.75, 3.05) is 62.3 Å². The Morgan fingerprint density at radius 3 is 2.31 bits per heavy atom. The van der Waals surface area contributed by atoms with Crippen LogP contribution >= 0.6 is 0 Å². The van der Waals surface area contributed by atoms with E-state index in [4.69, 9.17) is 9.72 Å². The molecular formula is C19H31N5O2. The normalized spacial score (nSPS) is 18.5. The molecule has 0 saturated carbocycles. The average Bonchev–Trinajstić information content (AvgIpc) is 2.69. The van der Waals surface area contributed by atoms with Gasteiger partial charge in [-0.2, -0.15) is 4.98 Å². The van der Waals surface area contributed by atoms with Crippen molar-refractivity contribution in [1.82, 2.24) is 14.9 Å². The molecule has 2 aliphatic rings. The molecule has 0 N–H and O–H groups in total. The van der Waals surface area contributed by atoms with Gasteiger partial charge < -0.3 is 19.4 Å². The van der Waals surface area contributed by atoms with Crippen molar-refractivity contribution in [3.63, 3.8) is 0 Å². The maximum Gasteiger partial charge on any atom is 0.227 e. The number of morpholine rings is 1. The van der Waals surface area contributed by atoms with Crippen LogP contribution in [0.3, 0.4) is 0 Å². The topological polar surface area (TPSA) is 61.8 Å². The van der Waals surface area contributed by atoms with Gasteiger partial charge >= 0.3 is 0 Å². The Kier molecular flexibility index (Phi) is 6.29. The van der Waals surface area contributed by atoms with Crippen LogP contribution in [0.2, 0.25) is 0 Å². The zero-order valence-corrected chi connectivity index (χ0v) is 16.3. The minimum absolute atomic E-state index is 0.157. The van der Waals surface area contributed by atoms with Crippen molar-refractivity contribution in [2.24, 2.45) is 5.92 Å². The maximum atomic E-state index is 12.6. The number of ether oxygens (including phenoxy) is 1. The molecule has 2 fully saturated rings. The number of carbonyl (C=O) groups excluding carboxylic acids is 1. The van der Waals surface area contributed by atoms with Crippen molar-refractivity contribution in [1.29, 1.82) is 0 Å². The molecule has 0 atom stereocenters. The number of hydrogen-bond acceptors (Lipinski definition) is 6. The highest BCUT2D eigenvalue weighted by molar-refractivity contribution is 5.79. The van der Waals surface area contributed by atoms with Gasteiger partial charge in [-0.25, -0.2) is 4.98 Å². The molecular weight excluding hydrogens is 330 g/mol. The standard InChI is InChI=1S/C19H31N5O2/c1-4-16(5-2)18(25)23-6-8-24(9-7-23)19-20-15(3)14-17(21-19)22-10-12-26-13-11-22/h14,16H,4-13H2,1-3H3. The van der Waals surface area contributed by atoms with E-state index in [9.17, 15) is 4.79 Å². The molecule has 7 nitrogen and oxygen atoms in total. The molecule has 0 unspecified atom stereocenters. The first-order chi connectivity index (χ1) is 12.6. The second-order valence-corrected chi connectivity index (χ2v) is 7.09. The monoisotopic (exact) mass is 361 g/mol. The second-order valence-electron chi connectivity index (χ2n) is 7.09. The largest absolute Gasteiger partial charge is 0.378 e. The van der Waals surface area contributed by atoms with E-state index in [-0.39, 0.29) is 5.92 Å². The highest BCUT2D eigenvalue weighted by Crippen LogP contribution is 2.20. The molecule has 1 aromatic rings. The van der Waals surface area contributed by atoms with Crippen molar-refractivity contribution < 1.29 is 9.53 Å². The molecule has 3 heterocycles. The zero-order chi connectivity index (χ0) is 18.5. The Labute approximate surface area is 156 Å². The van der Waals surface area contributed by atoms with E-state index in [1.807, 2.05) is 17.9 Å². The molecule has 1 aromatic heterocycles. The Morgan fingerprint density at radius 1 is 1.04 bits per heavy atom. The Morgan fingerprint density at radius 2 is 1.69 bits per heavy atom. The van der Waals surface area contributed by atoms with Gasteiger partial charge in [0.15, 0.2) is 0 Å². The number of carbonyl (C=O) groups is 1. The lowest BCUT2D eigenvalue weighted by molar-refractivity contribution is -0.136. The smallest absolute Gasteiger partial charge is 0.227 e. The predicted molar refractivity (Wildman–Crippen MR) is 103 cm³/mol. The van der Waals surface area contributed by atoms with E-state index < -0.39 is 0 Å². The van der Waals surface area contributed by atoms with Crippen LogP contribution < -0.4 is 9.80 Å². The average molecular weight is 361 g/mol. The highest BCUT2D eigenvalue weighted by atomic mass is 16.5. The summed E-state index contributed by atoms with van der Waals surface area (Å²) in [7, 11) is 0. The first-order valence-corrected chi connectivity index (χ1v) is 9.84. The summed E-state index contributed by atoms with van der Waals surface area (Å²) in [6.07, 6.45) is 1.83. The van der Waals surface area contributed by atoms with E-state index in [0.717, 1.165) is 82.8 Å². The van der Waals surface area contributed by atoms with E-state index in [1.54, 1.807) is 0 Å². The van der Waals surface area contributed by atoms with Crippen LogP contribution in [0.15, 0.2) is 6.07 Å². The summed E-state index contributed by atoms with van der Waals surface area (Å²) in [6.45, 7) is 12.5. The van der Waals surface area contributed by atoms with Crippen LogP contribution in [-0.4, -0.2) is 73.3 Å². The van der Waals surface area contributed by atoms with Gasteiger partial charge in [0, 0.05) is 56.9 Å². The van der Waals surface area contributed by atoms with Gasteiger partial charge in [0.05, 0.1) is 13.2 Å². The first kappa shape index (κ1) is 18.9. The van der Waals surface area contributed by atoms with Crippen molar-refractivity contribution in [3.8, 4) is 0 Å². The minimum atomic E-state index is 0.157. The number of nitrogens with zero attached hydrogens (tertiary/aromatic N) is 5. The van der Waals surface area contributed by atoms with Crippen molar-refractivity contribution in [3.05, 3.63) is 11.8 Å². The molecule has 0 spiro atoms. The maximum absolute atomic E-state index is 12.6. The lowest BCUT2D eigenvalue weighted by Crippen LogP contribution is -2.51. The fourth-order valence-electron chi connectivity index (χ4n) is 3.66. The van der Waals surface area contributed by atoms with E-state index >= 15 is 0 Å². The summed E-state index contributed by atoms with van der Waals surface area (Å²) in [5, 5.41) is 0. The van der Waals surface area contributed by atoms with E-state index in [1.165, 1.54) is 0 Å². The summed E-state index contributed by atoms with van der Waals surface area (Å²) in [5.41, 5.74) is 0.979. The third-order valence-electron chi connectivity index (χ3n) is 5.37. The van der Waals surface area contributed by atoms with E-state index in [0.29, 0.717) is 5.91 Å². The molecule has 0 aliphatic carbocycles. The summed E-state index contributed by atoms with van der Waals surface area (Å²) in [6, 6.07) is 2.04. The molecule has 3 rings (SSSR count). The van der Waals surface area contributed by atoms with Crippen LogP contribution in [0.4, 0.5) is 11.8 Å². The number of amides is 1. The first-order valence-electron chi connectivity index (χ1n) is 9.84. The lowest BCUT2D eigenvalue weighted by atomic mass is 10.0. The summed E-state index contributed by atoms with van der Waals surface area (Å²) in [4.78, 5) is 28.5. The fraction of sp³-hybridized carbons (Fsp3) is 0.737. The zero-order valence-electron chi connectivity index (χ0n) is 16.3. The number of piperazine rings is 1. The second kappa shape index (κ2) is 8.66. The van der Waals surface area contributed by atoms with E-state index in [2.05, 4.69) is 28.6 Å². The van der Waals surface area contributed by atoms with Crippen LogP contribution in [0, 0.1) is 12.8 Å². The Bertz CT molecular complexity index is 606. The molecule has 0 bridgehead atoms. The third-order valence-corrected chi connectivity index (χ3v) is 5.37. The van der Waals surface area contributed by atoms with Gasteiger partial charge in [-0.3, -0.25) is 4.79 Å². The number of aryl methyl sites for hydroxylation is 1. The Balaban J connectivity index is 1.65. The highest BCUT2D eigenvalue weighted by Gasteiger charge is 2.27. The van der Waals surface area contributed by atoms with Crippen LogP contribution in [0.5, 0.6) is 0 Å². The SMILES string of the molecule is CCC(CC)C(=O)N1CCN(c2nc(C)cc(N3CCOCC3)n2)CC1. The van der Waals surface area contributed by atoms with Gasteiger partial charge in [-0.1, -0.05) is 13.8 Å². The van der Waals surface area contributed by atoms with Crippen LogP contribution in [-0.2, 0) is 9.53 Å². The van der Waals surface area contributed by atoms with Gasteiger partial charge in [0.2, 0.25) is 11.9 Å². The quantitative estimate of drug-likeness (QED) is 0.796. The van der Waals surface area contributed by atoms with Crippen molar-refractivity contribution >= 4 is 17.7 Å². The predicted octanol–water partition coefficient (Wildman–Crippen LogP) is 1.71. The number of rotatable bonds is 5. The molecule has 1 amide bonds. The minimum Gasteiger partial charge on any atom is -0.378 e. The summed E-state index contributed by atoms with van der Waals surface area (Å²) < 4.78 is 5.44. The molecule has 144 valence electrons. The van der Waals surface area contributed by atoms with Gasteiger partial charge in [0.1, 0.15) is 5.82 Å². The van der Waals surface area contributed by atoms with Crippen molar-refractivity contribution in [2.45, 2.75) is 33.6 Å². The molecule has 26 heavy (non-hydrogen) atoms. The number of aromatic nitrogens is 2. The summed E-state index contributed by atoms with van der Waals surface area (Å²) >= 11 is 0. The fourth-order valence-corrected chi connectivity index (χ4v) is 3.66. The third kappa shape index (κ3) is 4.26. The van der Waals surface area contributed by atoms with Crippen LogP contribution in [0.25, 0.3) is 0 Å². The molecule has 0 aromatic carbocycles. The van der Waals surface area contributed by atoms with Gasteiger partial charge in [0.25, 0.3) is 0 Å². The van der Waals surface area contributed by atoms with Crippen LogP contribution in [0.1, 0.15) is 32.4 Å². The molecule has 0 radical (unpaired) electrons. The molecule has 2 saturated heterocycles. The lowest BCUT2D eigenvalue weighted by Gasteiger charge is -2.37. The summed E-state index contributed by atoms with van der Waals surface area (Å²) in [5.74, 6) is 2.21. The molecule has 2 aliphatic heterocycles. The van der Waals surface area contributed by atoms with Gasteiger partial charge in [-0.05, 0) is 19.8 Å². The number of hydrogen-bond donors (Lipinski definition) is 0. The van der Waals surface area contributed by atoms with Gasteiger partial charge in [-0.15, -0.1) is 0 Å².